The fourth-order valence-corrected chi connectivity index (χ4v) is 2.34. The summed E-state index contributed by atoms with van der Waals surface area (Å²) in [4.78, 5) is 1.32. The van der Waals surface area contributed by atoms with Gasteiger partial charge in [-0.2, -0.15) is 13.2 Å². The van der Waals surface area contributed by atoms with Crippen molar-refractivity contribution in [1.82, 2.24) is 10.2 Å². The molecule has 0 aliphatic carbocycles. The van der Waals surface area contributed by atoms with Crippen LogP contribution in [0.3, 0.4) is 0 Å². The quantitative estimate of drug-likeness (QED) is 0.736. The minimum atomic E-state index is -4.25. The molecule has 1 atom stereocenters. The third kappa shape index (κ3) is 6.44. The molecule has 0 amide bonds. The highest BCUT2D eigenvalue weighted by atomic mass is 19.4. The number of nitrogens with one attached hydrogen (secondary N) is 1. The predicted molar refractivity (Wildman–Crippen MR) is 75.6 cm³/mol. The van der Waals surface area contributed by atoms with E-state index in [1.807, 2.05) is 13.8 Å². The topological polar surface area (TPSA) is 15.3 Å². The molecule has 0 fully saturated rings. The number of benzene rings is 1. The van der Waals surface area contributed by atoms with Crippen molar-refractivity contribution in [3.8, 4) is 0 Å². The van der Waals surface area contributed by atoms with E-state index in [2.05, 4.69) is 5.32 Å². The first kappa shape index (κ1) is 17.9. The second-order valence-corrected chi connectivity index (χ2v) is 4.98. The summed E-state index contributed by atoms with van der Waals surface area (Å²) in [7, 11) is 0. The lowest BCUT2D eigenvalue weighted by Gasteiger charge is -2.29. The van der Waals surface area contributed by atoms with E-state index in [1.54, 1.807) is 18.2 Å². The number of hydrogen-bond acceptors (Lipinski definition) is 2. The molecule has 1 aromatic rings. The van der Waals surface area contributed by atoms with Crippen LogP contribution in [0.5, 0.6) is 0 Å². The molecule has 0 saturated heterocycles. The number of hydrogen-bond donors (Lipinski definition) is 1. The molecular weight excluding hydrogens is 284 g/mol. The van der Waals surface area contributed by atoms with Gasteiger partial charge in [0.15, 0.2) is 0 Å². The van der Waals surface area contributed by atoms with Crippen LogP contribution >= 0.6 is 0 Å². The summed E-state index contributed by atoms with van der Waals surface area (Å²) in [6, 6.07) is 5.75. The van der Waals surface area contributed by atoms with Gasteiger partial charge < -0.3 is 5.32 Å². The first-order valence-corrected chi connectivity index (χ1v) is 7.14. The van der Waals surface area contributed by atoms with Gasteiger partial charge in [0.05, 0.1) is 6.54 Å². The van der Waals surface area contributed by atoms with Gasteiger partial charge in [-0.1, -0.05) is 32.0 Å². The SMILES string of the molecule is CCCN(CC(NCC)c1ccccc1F)CC(F)(F)F. The van der Waals surface area contributed by atoms with Crippen LogP contribution < -0.4 is 5.32 Å². The first-order chi connectivity index (χ1) is 9.87. The highest BCUT2D eigenvalue weighted by Crippen LogP contribution is 2.21. The summed E-state index contributed by atoms with van der Waals surface area (Å²) in [6.45, 7) is 3.72. The van der Waals surface area contributed by atoms with E-state index < -0.39 is 24.6 Å². The number of nitrogens with zero attached hydrogens (tertiary/aromatic N) is 1. The van der Waals surface area contributed by atoms with Crippen molar-refractivity contribution in [2.75, 3.05) is 26.2 Å². The summed E-state index contributed by atoms with van der Waals surface area (Å²) in [6.07, 6.45) is -3.63. The van der Waals surface area contributed by atoms with Crippen LogP contribution in [0.15, 0.2) is 24.3 Å². The van der Waals surface area contributed by atoms with Gasteiger partial charge >= 0.3 is 6.18 Å². The van der Waals surface area contributed by atoms with Crippen LogP contribution in [0, 0.1) is 5.82 Å². The van der Waals surface area contributed by atoms with Crippen molar-refractivity contribution in [3.05, 3.63) is 35.6 Å². The summed E-state index contributed by atoms with van der Waals surface area (Å²) in [5.74, 6) is -0.396. The minimum Gasteiger partial charge on any atom is -0.309 e. The zero-order valence-corrected chi connectivity index (χ0v) is 12.4. The molecule has 0 spiro atoms. The molecule has 0 aromatic heterocycles. The minimum absolute atomic E-state index is 0.127. The highest BCUT2D eigenvalue weighted by molar-refractivity contribution is 5.21. The molecule has 6 heteroatoms. The Labute approximate surface area is 123 Å². The maximum absolute atomic E-state index is 13.9. The molecule has 0 radical (unpaired) electrons. The maximum Gasteiger partial charge on any atom is 0.401 e. The normalized spacial score (nSPS) is 13.7. The van der Waals surface area contributed by atoms with Crippen molar-refractivity contribution in [1.29, 1.82) is 0 Å². The molecule has 0 bridgehead atoms. The van der Waals surface area contributed by atoms with Gasteiger partial charge in [-0.05, 0) is 25.6 Å². The monoisotopic (exact) mass is 306 g/mol. The van der Waals surface area contributed by atoms with Crippen LogP contribution in [-0.4, -0.2) is 37.3 Å². The Kier molecular flexibility index (Phi) is 7.11. The second kappa shape index (κ2) is 8.34. The molecule has 0 heterocycles. The van der Waals surface area contributed by atoms with Gasteiger partial charge in [0, 0.05) is 18.2 Å². The molecule has 2 nitrogen and oxygen atoms in total. The largest absolute Gasteiger partial charge is 0.401 e. The lowest BCUT2D eigenvalue weighted by atomic mass is 10.1. The van der Waals surface area contributed by atoms with Crippen molar-refractivity contribution >= 4 is 0 Å². The Bertz CT molecular complexity index is 420. The third-order valence-electron chi connectivity index (χ3n) is 3.11. The molecule has 1 N–H and O–H groups in total. The second-order valence-electron chi connectivity index (χ2n) is 4.98. The maximum atomic E-state index is 13.9. The Balaban J connectivity index is 2.86. The first-order valence-electron chi connectivity index (χ1n) is 7.14. The van der Waals surface area contributed by atoms with Crippen LogP contribution in [-0.2, 0) is 0 Å². The Hall–Kier alpha value is -1.14. The van der Waals surface area contributed by atoms with E-state index in [1.165, 1.54) is 11.0 Å². The lowest BCUT2D eigenvalue weighted by molar-refractivity contribution is -0.146. The van der Waals surface area contributed by atoms with Crippen molar-refractivity contribution in [2.45, 2.75) is 32.5 Å². The zero-order chi connectivity index (χ0) is 15.9. The third-order valence-corrected chi connectivity index (χ3v) is 3.11. The van der Waals surface area contributed by atoms with E-state index in [9.17, 15) is 17.6 Å². The molecule has 1 aromatic carbocycles. The Morgan fingerprint density at radius 1 is 1.19 bits per heavy atom. The van der Waals surface area contributed by atoms with Crippen LogP contribution in [0.1, 0.15) is 31.9 Å². The van der Waals surface area contributed by atoms with E-state index in [0.29, 0.717) is 25.1 Å². The molecule has 0 aliphatic rings. The molecular formula is C15H22F4N2. The summed E-state index contributed by atoms with van der Waals surface area (Å²) in [5.41, 5.74) is 0.405. The van der Waals surface area contributed by atoms with Gasteiger partial charge in [-0.25, -0.2) is 4.39 Å². The van der Waals surface area contributed by atoms with Gasteiger partial charge in [0.1, 0.15) is 5.82 Å². The molecule has 1 unspecified atom stereocenters. The molecule has 1 rings (SSSR count). The van der Waals surface area contributed by atoms with E-state index in [0.717, 1.165) is 0 Å². The van der Waals surface area contributed by atoms with Crippen LogP contribution in [0.25, 0.3) is 0 Å². The molecule has 21 heavy (non-hydrogen) atoms. The van der Waals surface area contributed by atoms with Gasteiger partial charge in [-0.15, -0.1) is 0 Å². The number of likely N-dealkylation sites (N-methyl/N-ethyl adjacent to an activating group) is 1. The highest BCUT2D eigenvalue weighted by Gasteiger charge is 2.31. The van der Waals surface area contributed by atoms with Gasteiger partial charge in [0.25, 0.3) is 0 Å². The fourth-order valence-electron chi connectivity index (χ4n) is 2.34. The van der Waals surface area contributed by atoms with Gasteiger partial charge in [0.2, 0.25) is 0 Å². The van der Waals surface area contributed by atoms with E-state index in [4.69, 9.17) is 0 Å². The van der Waals surface area contributed by atoms with Gasteiger partial charge in [-0.3, -0.25) is 4.90 Å². The molecule has 0 saturated carbocycles. The number of alkyl halides is 3. The van der Waals surface area contributed by atoms with Crippen molar-refractivity contribution in [3.63, 3.8) is 0 Å². The zero-order valence-electron chi connectivity index (χ0n) is 12.4. The summed E-state index contributed by atoms with van der Waals surface area (Å²) in [5, 5.41) is 3.07. The predicted octanol–water partition coefficient (Wildman–Crippen LogP) is 3.75. The average molecular weight is 306 g/mol. The smallest absolute Gasteiger partial charge is 0.309 e. The van der Waals surface area contributed by atoms with E-state index >= 15 is 0 Å². The summed E-state index contributed by atoms with van der Waals surface area (Å²) >= 11 is 0. The van der Waals surface area contributed by atoms with Crippen molar-refractivity contribution < 1.29 is 17.6 Å². The fraction of sp³-hybridized carbons (Fsp3) is 0.600. The average Bonchev–Trinajstić information content (AvgIpc) is 2.37. The Morgan fingerprint density at radius 2 is 1.86 bits per heavy atom. The Morgan fingerprint density at radius 3 is 2.38 bits per heavy atom. The van der Waals surface area contributed by atoms with Crippen LogP contribution in [0.2, 0.25) is 0 Å². The molecule has 0 aliphatic heterocycles. The lowest BCUT2D eigenvalue weighted by Crippen LogP contribution is -2.41. The van der Waals surface area contributed by atoms with E-state index in [-0.39, 0.29) is 6.54 Å². The van der Waals surface area contributed by atoms with Crippen molar-refractivity contribution in [2.24, 2.45) is 0 Å². The number of halogens is 4. The summed E-state index contributed by atoms with van der Waals surface area (Å²) < 4.78 is 51.7. The van der Waals surface area contributed by atoms with Crippen LogP contribution in [0.4, 0.5) is 17.6 Å². The molecule has 120 valence electrons. The standard InChI is InChI=1S/C15H22F4N2/c1-3-9-21(11-15(17,18)19)10-14(20-4-2)12-7-5-6-8-13(12)16/h5-8,14,20H,3-4,9-11H2,1-2H3. The number of rotatable bonds is 8.